The summed E-state index contributed by atoms with van der Waals surface area (Å²) in [5, 5.41) is 1.11. The SMILES string of the molecule is CN(C)CCc1c(CS(=O)(=O)c2ccccc2)[nH]c2ccccc12.Cl. The van der Waals surface area contributed by atoms with Gasteiger partial charge in [0.05, 0.1) is 10.6 Å². The number of likely N-dealkylation sites (N-methyl/N-ethyl adjacent to an activating group) is 1. The molecule has 1 N–H and O–H groups in total. The number of para-hydroxylation sites is 1. The van der Waals surface area contributed by atoms with Gasteiger partial charge in [0.1, 0.15) is 0 Å². The number of H-pyrrole nitrogens is 1. The molecule has 0 bridgehead atoms. The topological polar surface area (TPSA) is 53.2 Å². The first-order valence-electron chi connectivity index (χ1n) is 7.98. The van der Waals surface area contributed by atoms with Crippen molar-refractivity contribution in [1.82, 2.24) is 9.88 Å². The standard InChI is InChI=1S/C19H22N2O2S.ClH/c1-21(2)13-12-17-16-10-6-7-11-18(16)20-19(17)14-24(22,23)15-8-4-3-5-9-15;/h3-11,20H,12-14H2,1-2H3;1H. The maximum absolute atomic E-state index is 12.7. The van der Waals surface area contributed by atoms with E-state index >= 15 is 0 Å². The van der Waals surface area contributed by atoms with Crippen LogP contribution in [0.3, 0.4) is 0 Å². The largest absolute Gasteiger partial charge is 0.357 e. The number of hydrogen-bond acceptors (Lipinski definition) is 3. The molecule has 134 valence electrons. The zero-order chi connectivity index (χ0) is 17.2. The third-order valence-electron chi connectivity index (χ3n) is 4.15. The molecule has 0 aliphatic rings. The maximum atomic E-state index is 12.7. The van der Waals surface area contributed by atoms with Gasteiger partial charge in [0.15, 0.2) is 9.84 Å². The third-order valence-corrected chi connectivity index (χ3v) is 5.81. The summed E-state index contributed by atoms with van der Waals surface area (Å²) < 4.78 is 25.5. The van der Waals surface area contributed by atoms with E-state index in [9.17, 15) is 8.42 Å². The van der Waals surface area contributed by atoms with Crippen molar-refractivity contribution in [3.05, 3.63) is 65.9 Å². The number of halogens is 1. The molecule has 0 saturated carbocycles. The maximum Gasteiger partial charge on any atom is 0.183 e. The first kappa shape index (κ1) is 19.5. The smallest absolute Gasteiger partial charge is 0.183 e. The number of fused-ring (bicyclic) bond motifs is 1. The first-order valence-corrected chi connectivity index (χ1v) is 9.63. The molecule has 3 rings (SSSR count). The van der Waals surface area contributed by atoms with Crippen LogP contribution in [-0.4, -0.2) is 38.9 Å². The van der Waals surface area contributed by atoms with Crippen molar-refractivity contribution in [2.45, 2.75) is 17.1 Å². The van der Waals surface area contributed by atoms with Gasteiger partial charge in [-0.1, -0.05) is 36.4 Å². The van der Waals surface area contributed by atoms with E-state index in [4.69, 9.17) is 0 Å². The molecule has 0 aliphatic heterocycles. The molecule has 0 unspecified atom stereocenters. The molecule has 3 aromatic rings. The highest BCUT2D eigenvalue weighted by atomic mass is 35.5. The van der Waals surface area contributed by atoms with Gasteiger partial charge in [0, 0.05) is 23.1 Å². The van der Waals surface area contributed by atoms with Crippen LogP contribution < -0.4 is 0 Å². The van der Waals surface area contributed by atoms with E-state index < -0.39 is 9.84 Å². The predicted molar refractivity (Wildman–Crippen MR) is 105 cm³/mol. The molecular formula is C19H23ClN2O2S. The van der Waals surface area contributed by atoms with E-state index in [2.05, 4.69) is 16.0 Å². The third kappa shape index (κ3) is 4.42. The summed E-state index contributed by atoms with van der Waals surface area (Å²) in [6, 6.07) is 16.6. The number of nitrogens with zero attached hydrogens (tertiary/aromatic N) is 1. The van der Waals surface area contributed by atoms with Gasteiger partial charge >= 0.3 is 0 Å². The van der Waals surface area contributed by atoms with Gasteiger partial charge in [-0.15, -0.1) is 12.4 Å². The van der Waals surface area contributed by atoms with Crippen molar-refractivity contribution in [2.24, 2.45) is 0 Å². The number of benzene rings is 2. The Balaban J connectivity index is 0.00000225. The quantitative estimate of drug-likeness (QED) is 0.712. The lowest BCUT2D eigenvalue weighted by atomic mass is 10.1. The molecular weight excluding hydrogens is 356 g/mol. The van der Waals surface area contributed by atoms with Crippen molar-refractivity contribution in [3.8, 4) is 0 Å². The lowest BCUT2D eigenvalue weighted by Gasteiger charge is -2.11. The Kier molecular flexibility index (Phi) is 6.27. The molecule has 2 aromatic carbocycles. The normalized spacial score (nSPS) is 11.6. The fourth-order valence-corrected chi connectivity index (χ4v) is 4.27. The van der Waals surface area contributed by atoms with Crippen molar-refractivity contribution in [2.75, 3.05) is 20.6 Å². The van der Waals surface area contributed by atoms with Crippen LogP contribution in [0.5, 0.6) is 0 Å². The highest BCUT2D eigenvalue weighted by Crippen LogP contribution is 2.26. The Morgan fingerprint density at radius 1 is 0.960 bits per heavy atom. The van der Waals surface area contributed by atoms with Crippen LogP contribution >= 0.6 is 12.4 Å². The van der Waals surface area contributed by atoms with Crippen LogP contribution in [0.25, 0.3) is 10.9 Å². The molecule has 6 heteroatoms. The average molecular weight is 379 g/mol. The van der Waals surface area contributed by atoms with E-state index in [1.54, 1.807) is 24.3 Å². The van der Waals surface area contributed by atoms with E-state index in [0.717, 1.165) is 35.1 Å². The lowest BCUT2D eigenvalue weighted by molar-refractivity contribution is 0.414. The number of aromatic nitrogens is 1. The second-order valence-corrected chi connectivity index (χ2v) is 8.24. The molecule has 4 nitrogen and oxygen atoms in total. The van der Waals surface area contributed by atoms with Gasteiger partial charge in [-0.2, -0.15) is 0 Å². The van der Waals surface area contributed by atoms with Gasteiger partial charge < -0.3 is 9.88 Å². The summed E-state index contributed by atoms with van der Waals surface area (Å²) in [6.45, 7) is 0.875. The summed E-state index contributed by atoms with van der Waals surface area (Å²) in [5.41, 5.74) is 2.88. The Bertz CT molecular complexity index is 934. The predicted octanol–water partition coefficient (Wildman–Crippen LogP) is 3.67. The van der Waals surface area contributed by atoms with E-state index in [-0.39, 0.29) is 18.2 Å². The molecule has 0 aliphatic carbocycles. The fourth-order valence-electron chi connectivity index (χ4n) is 2.90. The first-order chi connectivity index (χ1) is 11.5. The molecule has 0 atom stereocenters. The molecule has 0 saturated heterocycles. The minimum Gasteiger partial charge on any atom is -0.357 e. The Labute approximate surface area is 155 Å². The lowest BCUT2D eigenvalue weighted by Crippen LogP contribution is -2.16. The molecule has 1 heterocycles. The van der Waals surface area contributed by atoms with Gasteiger partial charge in [-0.25, -0.2) is 8.42 Å². The Morgan fingerprint density at radius 3 is 2.28 bits per heavy atom. The highest BCUT2D eigenvalue weighted by molar-refractivity contribution is 7.90. The number of nitrogens with one attached hydrogen (secondary N) is 1. The van der Waals surface area contributed by atoms with Crippen LogP contribution in [0.1, 0.15) is 11.3 Å². The number of sulfone groups is 1. The summed E-state index contributed by atoms with van der Waals surface area (Å²) in [5.74, 6) is -0.00550. The van der Waals surface area contributed by atoms with Gasteiger partial charge in [0.2, 0.25) is 0 Å². The van der Waals surface area contributed by atoms with E-state index in [1.165, 1.54) is 0 Å². The molecule has 25 heavy (non-hydrogen) atoms. The van der Waals surface area contributed by atoms with Crippen LogP contribution in [0.15, 0.2) is 59.5 Å². The van der Waals surface area contributed by atoms with Crippen LogP contribution in [0.4, 0.5) is 0 Å². The Morgan fingerprint density at radius 2 is 1.60 bits per heavy atom. The number of aromatic amines is 1. The zero-order valence-electron chi connectivity index (χ0n) is 14.4. The van der Waals surface area contributed by atoms with Gasteiger partial charge in [0.25, 0.3) is 0 Å². The summed E-state index contributed by atoms with van der Waals surface area (Å²) in [7, 11) is 0.679. The zero-order valence-corrected chi connectivity index (χ0v) is 16.0. The molecule has 0 spiro atoms. The monoisotopic (exact) mass is 378 g/mol. The van der Waals surface area contributed by atoms with Crippen molar-refractivity contribution in [1.29, 1.82) is 0 Å². The van der Waals surface area contributed by atoms with Crippen molar-refractivity contribution < 1.29 is 8.42 Å². The van der Waals surface area contributed by atoms with E-state index in [0.29, 0.717) is 4.90 Å². The molecule has 0 fully saturated rings. The van der Waals surface area contributed by atoms with Gasteiger partial charge in [-0.05, 0) is 44.3 Å². The van der Waals surface area contributed by atoms with Crippen molar-refractivity contribution >= 4 is 33.1 Å². The minimum atomic E-state index is -3.37. The van der Waals surface area contributed by atoms with E-state index in [1.807, 2.05) is 38.4 Å². The molecule has 0 radical (unpaired) electrons. The summed E-state index contributed by atoms with van der Waals surface area (Å²) >= 11 is 0. The summed E-state index contributed by atoms with van der Waals surface area (Å²) in [6.07, 6.45) is 0.816. The number of hydrogen-bond donors (Lipinski definition) is 1. The highest BCUT2D eigenvalue weighted by Gasteiger charge is 2.20. The average Bonchev–Trinajstić information content (AvgIpc) is 2.90. The van der Waals surface area contributed by atoms with Crippen LogP contribution in [0.2, 0.25) is 0 Å². The molecule has 0 amide bonds. The van der Waals surface area contributed by atoms with Crippen LogP contribution in [-0.2, 0) is 22.0 Å². The van der Waals surface area contributed by atoms with Gasteiger partial charge in [-0.3, -0.25) is 0 Å². The summed E-state index contributed by atoms with van der Waals surface area (Å²) in [4.78, 5) is 5.79. The Hall–Kier alpha value is -1.82. The molecule has 1 aromatic heterocycles. The second-order valence-electron chi connectivity index (χ2n) is 6.25. The van der Waals surface area contributed by atoms with Crippen LogP contribution in [0, 0.1) is 0 Å². The number of rotatable bonds is 6. The minimum absolute atomic E-state index is 0. The second kappa shape index (κ2) is 8.04. The fraction of sp³-hybridized carbons (Fsp3) is 0.263. The van der Waals surface area contributed by atoms with Crippen molar-refractivity contribution in [3.63, 3.8) is 0 Å².